The number of nitro groups is 1. The Labute approximate surface area is 143 Å². The molecule has 0 aromatic heterocycles. The Balaban J connectivity index is 1.62. The molecule has 0 saturated heterocycles. The van der Waals surface area contributed by atoms with Gasteiger partial charge in [0.05, 0.1) is 11.0 Å². The monoisotopic (exact) mass is 350 g/mol. The van der Waals surface area contributed by atoms with Crippen LogP contribution in [0.4, 0.5) is 5.69 Å². The Bertz CT molecular complexity index is 698. The van der Waals surface area contributed by atoms with E-state index in [0.29, 0.717) is 0 Å². The Morgan fingerprint density at radius 2 is 1.88 bits per heavy atom. The Morgan fingerprint density at radius 1 is 1.20 bits per heavy atom. The first-order chi connectivity index (χ1) is 12.0. The van der Waals surface area contributed by atoms with Gasteiger partial charge in [-0.1, -0.05) is 19.3 Å². The highest BCUT2D eigenvalue weighted by Crippen LogP contribution is 2.38. The van der Waals surface area contributed by atoms with Gasteiger partial charge in [-0.15, -0.1) is 0 Å². The summed E-state index contributed by atoms with van der Waals surface area (Å²) in [6.07, 6.45) is 5.11. The van der Waals surface area contributed by atoms with E-state index in [1.165, 1.54) is 6.07 Å². The predicted molar refractivity (Wildman–Crippen MR) is 84.5 cm³/mol. The number of carbonyl (C=O) groups is 2. The third-order valence-electron chi connectivity index (χ3n) is 4.21. The number of ether oxygens (including phenoxy) is 3. The van der Waals surface area contributed by atoms with E-state index < -0.39 is 29.1 Å². The van der Waals surface area contributed by atoms with Crippen LogP contribution in [-0.2, 0) is 9.53 Å². The van der Waals surface area contributed by atoms with Gasteiger partial charge in [0.1, 0.15) is 5.56 Å². The zero-order chi connectivity index (χ0) is 17.8. The van der Waals surface area contributed by atoms with Crippen LogP contribution in [0.1, 0.15) is 42.5 Å². The molecule has 1 saturated carbocycles. The van der Waals surface area contributed by atoms with Crippen LogP contribution < -0.4 is 14.8 Å². The van der Waals surface area contributed by atoms with Gasteiger partial charge in [0.25, 0.3) is 11.6 Å². The molecule has 25 heavy (non-hydrogen) atoms. The molecule has 9 nitrogen and oxygen atoms in total. The van der Waals surface area contributed by atoms with Crippen LogP contribution in [0.15, 0.2) is 12.1 Å². The van der Waals surface area contributed by atoms with Crippen molar-refractivity contribution in [1.82, 2.24) is 5.32 Å². The highest BCUT2D eigenvalue weighted by atomic mass is 16.7. The van der Waals surface area contributed by atoms with Crippen LogP contribution in [0.3, 0.4) is 0 Å². The molecule has 3 rings (SSSR count). The van der Waals surface area contributed by atoms with E-state index >= 15 is 0 Å². The number of rotatable bonds is 5. The lowest BCUT2D eigenvalue weighted by atomic mass is 9.95. The maximum absolute atomic E-state index is 12.2. The predicted octanol–water partition coefficient (Wildman–Crippen LogP) is 1.93. The van der Waals surface area contributed by atoms with Gasteiger partial charge < -0.3 is 19.5 Å². The van der Waals surface area contributed by atoms with Crippen molar-refractivity contribution in [3.8, 4) is 11.5 Å². The maximum Gasteiger partial charge on any atom is 0.345 e. The molecule has 1 N–H and O–H groups in total. The Kier molecular flexibility index (Phi) is 5.01. The van der Waals surface area contributed by atoms with Crippen LogP contribution in [0.5, 0.6) is 11.5 Å². The smallest absolute Gasteiger partial charge is 0.345 e. The van der Waals surface area contributed by atoms with Crippen molar-refractivity contribution in [3.63, 3.8) is 0 Å². The summed E-state index contributed by atoms with van der Waals surface area (Å²) < 4.78 is 15.1. The summed E-state index contributed by atoms with van der Waals surface area (Å²) in [6, 6.07) is 2.41. The molecule has 1 aromatic rings. The lowest BCUT2D eigenvalue weighted by Gasteiger charge is -2.22. The Morgan fingerprint density at radius 3 is 2.56 bits per heavy atom. The van der Waals surface area contributed by atoms with Crippen LogP contribution in [0.2, 0.25) is 0 Å². The van der Waals surface area contributed by atoms with Gasteiger partial charge in [-0.05, 0) is 12.8 Å². The molecule has 0 bridgehead atoms. The zero-order valence-corrected chi connectivity index (χ0v) is 13.5. The summed E-state index contributed by atoms with van der Waals surface area (Å²) in [5.41, 5.74) is -0.735. The number of nitro benzene ring substituents is 1. The van der Waals surface area contributed by atoms with E-state index in [2.05, 4.69) is 5.32 Å². The zero-order valence-electron chi connectivity index (χ0n) is 13.5. The fraction of sp³-hybridized carbons (Fsp3) is 0.500. The fourth-order valence-corrected chi connectivity index (χ4v) is 2.97. The van der Waals surface area contributed by atoms with Gasteiger partial charge in [0.2, 0.25) is 6.79 Å². The first-order valence-corrected chi connectivity index (χ1v) is 8.09. The normalized spacial score (nSPS) is 16.3. The minimum Gasteiger partial charge on any atom is -0.454 e. The van der Waals surface area contributed by atoms with Gasteiger partial charge in [0, 0.05) is 12.1 Å². The second-order valence-electron chi connectivity index (χ2n) is 5.96. The number of hydrogen-bond donors (Lipinski definition) is 1. The lowest BCUT2D eigenvalue weighted by molar-refractivity contribution is -0.385. The minimum absolute atomic E-state index is 0.0746. The van der Waals surface area contributed by atoms with Gasteiger partial charge in [0.15, 0.2) is 18.1 Å². The largest absolute Gasteiger partial charge is 0.454 e. The second-order valence-corrected chi connectivity index (χ2v) is 5.96. The fourth-order valence-electron chi connectivity index (χ4n) is 2.97. The number of esters is 1. The SMILES string of the molecule is O=C(COC(=O)c1cc2c(cc1[N+](=O)[O-])OCO2)NC1CCCCC1. The molecule has 9 heteroatoms. The summed E-state index contributed by atoms with van der Waals surface area (Å²) in [5, 5.41) is 14.0. The average molecular weight is 350 g/mol. The third kappa shape index (κ3) is 3.98. The van der Waals surface area contributed by atoms with Gasteiger partial charge in [-0.25, -0.2) is 4.79 Å². The number of fused-ring (bicyclic) bond motifs is 1. The quantitative estimate of drug-likeness (QED) is 0.490. The molecule has 0 atom stereocenters. The number of nitrogens with one attached hydrogen (secondary N) is 1. The Hall–Kier alpha value is -2.84. The molecule has 1 aromatic carbocycles. The number of hydrogen-bond acceptors (Lipinski definition) is 7. The summed E-state index contributed by atoms with van der Waals surface area (Å²) in [7, 11) is 0. The van der Waals surface area contributed by atoms with Crippen molar-refractivity contribution in [2.24, 2.45) is 0 Å². The van der Waals surface area contributed by atoms with Crippen molar-refractivity contribution in [3.05, 3.63) is 27.8 Å². The van der Waals surface area contributed by atoms with Crippen molar-refractivity contribution >= 4 is 17.6 Å². The summed E-state index contributed by atoms with van der Waals surface area (Å²) in [4.78, 5) is 34.5. The first-order valence-electron chi connectivity index (χ1n) is 8.09. The summed E-state index contributed by atoms with van der Waals surface area (Å²) in [5.74, 6) is -0.949. The van der Waals surface area contributed by atoms with Gasteiger partial charge >= 0.3 is 5.97 Å². The number of benzene rings is 1. The number of carbonyl (C=O) groups excluding carboxylic acids is 2. The maximum atomic E-state index is 12.2. The van der Waals surface area contributed by atoms with E-state index in [1.807, 2.05) is 0 Å². The minimum atomic E-state index is -0.955. The molecule has 0 unspecified atom stereocenters. The molecule has 2 aliphatic rings. The third-order valence-corrected chi connectivity index (χ3v) is 4.21. The number of nitrogens with zero attached hydrogens (tertiary/aromatic N) is 1. The van der Waals surface area contributed by atoms with Crippen LogP contribution >= 0.6 is 0 Å². The van der Waals surface area contributed by atoms with Crippen LogP contribution in [0, 0.1) is 10.1 Å². The van der Waals surface area contributed by atoms with Crippen molar-refractivity contribution in [1.29, 1.82) is 0 Å². The second kappa shape index (κ2) is 7.37. The van der Waals surface area contributed by atoms with Gasteiger partial charge in [-0.3, -0.25) is 14.9 Å². The van der Waals surface area contributed by atoms with Crippen molar-refractivity contribution in [2.45, 2.75) is 38.1 Å². The van der Waals surface area contributed by atoms with E-state index in [1.54, 1.807) is 0 Å². The molecular formula is C16H18N2O7. The van der Waals surface area contributed by atoms with E-state index in [9.17, 15) is 19.7 Å². The van der Waals surface area contributed by atoms with Gasteiger partial charge in [-0.2, -0.15) is 0 Å². The average Bonchev–Trinajstić information content (AvgIpc) is 3.07. The summed E-state index contributed by atoms with van der Waals surface area (Å²) >= 11 is 0. The van der Waals surface area contributed by atoms with Crippen LogP contribution in [-0.4, -0.2) is 36.2 Å². The van der Waals surface area contributed by atoms with Crippen molar-refractivity contribution in [2.75, 3.05) is 13.4 Å². The van der Waals surface area contributed by atoms with E-state index in [4.69, 9.17) is 14.2 Å². The topological polar surface area (TPSA) is 117 Å². The van der Waals surface area contributed by atoms with E-state index in [-0.39, 0.29) is 29.9 Å². The molecule has 0 spiro atoms. The summed E-state index contributed by atoms with van der Waals surface area (Å²) in [6.45, 7) is -0.560. The number of amides is 1. The molecule has 1 fully saturated rings. The molecule has 134 valence electrons. The molecule has 0 radical (unpaired) electrons. The molecule has 1 heterocycles. The molecule has 1 aliphatic carbocycles. The molecule has 1 amide bonds. The first kappa shape index (κ1) is 17.0. The van der Waals surface area contributed by atoms with E-state index in [0.717, 1.165) is 38.2 Å². The molecular weight excluding hydrogens is 332 g/mol. The molecule has 1 aliphatic heterocycles. The lowest BCUT2D eigenvalue weighted by Crippen LogP contribution is -2.38. The van der Waals surface area contributed by atoms with Crippen LogP contribution in [0.25, 0.3) is 0 Å². The highest BCUT2D eigenvalue weighted by Gasteiger charge is 2.28. The van der Waals surface area contributed by atoms with Crippen molar-refractivity contribution < 1.29 is 28.7 Å². The standard InChI is InChI=1S/C16H18N2O7/c19-15(17-10-4-2-1-3-5-10)8-23-16(20)11-6-13-14(25-9-24-13)7-12(11)18(21)22/h6-7,10H,1-5,8-9H2,(H,17,19). The highest BCUT2D eigenvalue weighted by molar-refractivity contribution is 5.96.